The molecule has 162 valence electrons. The lowest BCUT2D eigenvalue weighted by Gasteiger charge is -2.12. The maximum absolute atomic E-state index is 14.7. The molecular weight excluding hydrogens is 437 g/mol. The number of aromatic nitrogens is 2. The van der Waals surface area contributed by atoms with Gasteiger partial charge in [0.25, 0.3) is 5.56 Å². The minimum atomic E-state index is -0.823. The van der Waals surface area contributed by atoms with E-state index in [1.807, 2.05) is 0 Å². The van der Waals surface area contributed by atoms with E-state index in [4.69, 9.17) is 21.1 Å². The van der Waals surface area contributed by atoms with Gasteiger partial charge in [-0.15, -0.1) is 0 Å². The van der Waals surface area contributed by atoms with Crippen LogP contribution in [0, 0.1) is 17.5 Å². The Morgan fingerprint density at radius 1 is 1.16 bits per heavy atom. The maximum atomic E-state index is 14.7. The Kier molecular flexibility index (Phi) is 6.96. The van der Waals surface area contributed by atoms with Gasteiger partial charge in [-0.25, -0.2) is 22.9 Å². The number of hydrogen-bond donors (Lipinski definition) is 0. The first kappa shape index (κ1) is 22.4. The molecule has 0 saturated heterocycles. The number of ether oxygens (including phenoxy) is 2. The van der Waals surface area contributed by atoms with Gasteiger partial charge in [0.1, 0.15) is 30.4 Å². The number of carbonyl (C=O) groups is 1. The van der Waals surface area contributed by atoms with E-state index in [1.165, 1.54) is 24.3 Å². The summed E-state index contributed by atoms with van der Waals surface area (Å²) in [6.07, 6.45) is 1.08. The van der Waals surface area contributed by atoms with Gasteiger partial charge in [-0.1, -0.05) is 23.7 Å². The molecule has 0 amide bonds. The van der Waals surface area contributed by atoms with E-state index in [0.29, 0.717) is 6.07 Å². The van der Waals surface area contributed by atoms with Gasteiger partial charge in [-0.2, -0.15) is 0 Å². The van der Waals surface area contributed by atoms with Crippen molar-refractivity contribution in [2.75, 3.05) is 6.61 Å². The summed E-state index contributed by atoms with van der Waals surface area (Å²) in [5, 5.41) is -0.396. The number of halogens is 4. The second-order valence-corrected chi connectivity index (χ2v) is 6.70. The van der Waals surface area contributed by atoms with Crippen LogP contribution in [0.4, 0.5) is 13.2 Å². The highest BCUT2D eigenvalue weighted by Gasteiger charge is 2.18. The Bertz CT molecular complexity index is 1180. The predicted molar refractivity (Wildman–Crippen MR) is 106 cm³/mol. The summed E-state index contributed by atoms with van der Waals surface area (Å²) in [6, 6.07) is 7.09. The van der Waals surface area contributed by atoms with Crippen molar-refractivity contribution in [1.29, 1.82) is 0 Å². The van der Waals surface area contributed by atoms with Crippen molar-refractivity contribution < 1.29 is 27.4 Å². The first-order chi connectivity index (χ1) is 14.8. The van der Waals surface area contributed by atoms with E-state index < -0.39 is 34.0 Å². The van der Waals surface area contributed by atoms with Crippen LogP contribution < -0.4 is 10.3 Å². The molecule has 1 heterocycles. The molecule has 0 unspecified atom stereocenters. The second-order valence-electron chi connectivity index (χ2n) is 6.32. The number of esters is 1. The third kappa shape index (κ3) is 5.05. The van der Waals surface area contributed by atoms with E-state index in [-0.39, 0.29) is 42.3 Å². The largest absolute Gasteiger partial charge is 0.471 e. The minimum absolute atomic E-state index is 0.0429. The number of rotatable bonds is 7. The molecule has 0 spiro atoms. The fourth-order valence-corrected chi connectivity index (χ4v) is 2.91. The molecule has 0 atom stereocenters. The molecule has 0 saturated carbocycles. The van der Waals surface area contributed by atoms with Crippen LogP contribution in [0.3, 0.4) is 0 Å². The van der Waals surface area contributed by atoms with Crippen LogP contribution in [0.5, 0.6) is 5.88 Å². The Hall–Kier alpha value is -3.33. The fraction of sp³-hybridized carbons (Fsp3) is 0.190. The van der Waals surface area contributed by atoms with Crippen LogP contribution in [0.15, 0.2) is 47.5 Å². The lowest BCUT2D eigenvalue weighted by molar-refractivity contribution is 0.0520. The third-order valence-corrected chi connectivity index (χ3v) is 4.57. The van der Waals surface area contributed by atoms with E-state index in [0.717, 1.165) is 17.0 Å². The molecule has 2 aromatic carbocycles. The first-order valence-electron chi connectivity index (χ1n) is 9.08. The highest BCUT2D eigenvalue weighted by atomic mass is 35.5. The molecule has 0 aliphatic heterocycles. The molecule has 0 radical (unpaired) electrons. The lowest BCUT2D eigenvalue weighted by atomic mass is 10.1. The molecular formula is C21H16ClF3N2O4. The summed E-state index contributed by atoms with van der Waals surface area (Å²) >= 11 is 6.02. The van der Waals surface area contributed by atoms with Crippen molar-refractivity contribution in [3.8, 4) is 5.88 Å². The number of carbonyl (C=O) groups excluding carboxylic acids is 1. The van der Waals surface area contributed by atoms with Gasteiger partial charge in [0.05, 0.1) is 18.7 Å². The van der Waals surface area contributed by atoms with Crippen molar-refractivity contribution >= 4 is 17.6 Å². The van der Waals surface area contributed by atoms with Crippen LogP contribution in [0.25, 0.3) is 0 Å². The molecule has 3 rings (SSSR count). The normalized spacial score (nSPS) is 10.7. The SMILES string of the molecule is CCOC(=O)c1cccc(Cn2cnc(OCc3ccc(F)cc3F)c(Cl)c2=O)c1F. The predicted octanol–water partition coefficient (Wildman–Crippen LogP) is 4.12. The average Bonchev–Trinajstić information content (AvgIpc) is 2.73. The molecule has 1 aromatic heterocycles. The van der Waals surface area contributed by atoms with E-state index >= 15 is 0 Å². The van der Waals surface area contributed by atoms with Crippen molar-refractivity contribution in [3.63, 3.8) is 0 Å². The number of benzene rings is 2. The van der Waals surface area contributed by atoms with Crippen molar-refractivity contribution in [3.05, 3.63) is 92.2 Å². The van der Waals surface area contributed by atoms with Gasteiger partial charge in [-0.05, 0) is 25.1 Å². The lowest BCUT2D eigenvalue weighted by Crippen LogP contribution is -2.23. The molecule has 10 heteroatoms. The summed E-state index contributed by atoms with van der Waals surface area (Å²) in [7, 11) is 0. The Balaban J connectivity index is 1.80. The highest BCUT2D eigenvalue weighted by Crippen LogP contribution is 2.20. The molecule has 31 heavy (non-hydrogen) atoms. The zero-order valence-corrected chi connectivity index (χ0v) is 17.0. The Morgan fingerprint density at radius 3 is 2.65 bits per heavy atom. The number of hydrogen-bond acceptors (Lipinski definition) is 5. The second kappa shape index (κ2) is 9.65. The van der Waals surface area contributed by atoms with Gasteiger partial charge < -0.3 is 9.47 Å². The minimum Gasteiger partial charge on any atom is -0.471 e. The standard InChI is InChI=1S/C21H16ClF3N2O4/c1-2-30-21(29)15-5-3-4-12(18(15)25)9-27-11-26-19(17(22)20(27)28)31-10-13-6-7-14(23)8-16(13)24/h3-8,11H,2,9-10H2,1H3. The Morgan fingerprint density at radius 2 is 1.94 bits per heavy atom. The highest BCUT2D eigenvalue weighted by molar-refractivity contribution is 6.31. The van der Waals surface area contributed by atoms with E-state index in [1.54, 1.807) is 6.92 Å². The van der Waals surface area contributed by atoms with Crippen LogP contribution in [-0.4, -0.2) is 22.1 Å². The van der Waals surface area contributed by atoms with E-state index in [9.17, 15) is 22.8 Å². The van der Waals surface area contributed by atoms with Gasteiger partial charge >= 0.3 is 5.97 Å². The van der Waals surface area contributed by atoms with Crippen molar-refractivity contribution in [2.45, 2.75) is 20.1 Å². The molecule has 0 aliphatic carbocycles. The van der Waals surface area contributed by atoms with Crippen LogP contribution in [-0.2, 0) is 17.9 Å². The summed E-state index contributed by atoms with van der Waals surface area (Å²) < 4.78 is 52.5. The zero-order valence-electron chi connectivity index (χ0n) is 16.2. The maximum Gasteiger partial charge on any atom is 0.341 e. The van der Waals surface area contributed by atoms with Crippen molar-refractivity contribution in [2.24, 2.45) is 0 Å². The third-order valence-electron chi connectivity index (χ3n) is 4.25. The van der Waals surface area contributed by atoms with E-state index in [2.05, 4.69) is 4.98 Å². The first-order valence-corrected chi connectivity index (χ1v) is 9.45. The molecule has 0 aliphatic rings. The fourth-order valence-electron chi connectivity index (χ4n) is 2.70. The smallest absolute Gasteiger partial charge is 0.341 e. The van der Waals surface area contributed by atoms with Gasteiger partial charge in [-0.3, -0.25) is 9.36 Å². The van der Waals surface area contributed by atoms with Crippen LogP contribution >= 0.6 is 11.6 Å². The number of nitrogens with zero attached hydrogens (tertiary/aromatic N) is 2. The average molecular weight is 453 g/mol. The van der Waals surface area contributed by atoms with Crippen LogP contribution in [0.1, 0.15) is 28.4 Å². The van der Waals surface area contributed by atoms with Gasteiger partial charge in [0.2, 0.25) is 5.88 Å². The molecule has 0 fully saturated rings. The summed E-state index contributed by atoms with van der Waals surface area (Å²) in [5.74, 6) is -3.45. The quantitative estimate of drug-likeness (QED) is 0.504. The van der Waals surface area contributed by atoms with Crippen LogP contribution in [0.2, 0.25) is 5.02 Å². The Labute approximate surface area is 179 Å². The summed E-state index contributed by atoms with van der Waals surface area (Å²) in [5.41, 5.74) is -0.895. The summed E-state index contributed by atoms with van der Waals surface area (Å²) in [4.78, 5) is 28.3. The molecule has 6 nitrogen and oxygen atoms in total. The monoisotopic (exact) mass is 452 g/mol. The topological polar surface area (TPSA) is 70.4 Å². The van der Waals surface area contributed by atoms with Gasteiger partial charge in [0.15, 0.2) is 5.02 Å². The zero-order chi connectivity index (χ0) is 22.5. The van der Waals surface area contributed by atoms with Gasteiger partial charge in [0, 0.05) is 17.2 Å². The molecule has 3 aromatic rings. The van der Waals surface area contributed by atoms with Crippen molar-refractivity contribution in [1.82, 2.24) is 9.55 Å². The molecule has 0 bridgehead atoms. The molecule has 0 N–H and O–H groups in total. The summed E-state index contributed by atoms with van der Waals surface area (Å²) in [6.45, 7) is 1.10.